The molecule has 9 heteroatoms. The van der Waals surface area contributed by atoms with Gasteiger partial charge in [0.1, 0.15) is 17.7 Å². The second-order valence-corrected chi connectivity index (χ2v) is 5.99. The number of imidazole rings is 1. The van der Waals surface area contributed by atoms with Gasteiger partial charge in [0, 0.05) is 12.7 Å². The summed E-state index contributed by atoms with van der Waals surface area (Å²) < 4.78 is 16.3. The predicted molar refractivity (Wildman–Crippen MR) is 102 cm³/mol. The largest absolute Gasteiger partial charge is 0.368 e. The standard InChI is InChI=1S/C19H16FN7O/c1-2-26-17-14(16(28)8-5-12-3-6-13(20)7-4-12)9-22-10-15(17)25-19(26)27-18(21)23-11-24-27/h3-11H,2H2,1H3,(H2,21,23,24). The summed E-state index contributed by atoms with van der Waals surface area (Å²) >= 11 is 0. The van der Waals surface area contributed by atoms with E-state index in [2.05, 4.69) is 20.1 Å². The van der Waals surface area contributed by atoms with Crippen LogP contribution in [0.15, 0.2) is 49.1 Å². The van der Waals surface area contributed by atoms with Crippen molar-refractivity contribution >= 4 is 28.8 Å². The summed E-state index contributed by atoms with van der Waals surface area (Å²) in [4.78, 5) is 25.4. The number of pyridine rings is 1. The van der Waals surface area contributed by atoms with Gasteiger partial charge in [-0.25, -0.2) is 9.37 Å². The van der Waals surface area contributed by atoms with E-state index in [4.69, 9.17) is 5.73 Å². The molecule has 1 aromatic carbocycles. The van der Waals surface area contributed by atoms with Crippen LogP contribution in [-0.2, 0) is 6.54 Å². The molecule has 0 aliphatic heterocycles. The zero-order valence-corrected chi connectivity index (χ0v) is 15.0. The molecule has 140 valence electrons. The van der Waals surface area contributed by atoms with E-state index in [9.17, 15) is 9.18 Å². The zero-order valence-electron chi connectivity index (χ0n) is 15.0. The van der Waals surface area contributed by atoms with Gasteiger partial charge in [-0.05, 0) is 30.7 Å². The predicted octanol–water partition coefficient (Wildman–Crippen LogP) is 2.65. The monoisotopic (exact) mass is 377 g/mol. The van der Waals surface area contributed by atoms with Crippen LogP contribution in [0.5, 0.6) is 0 Å². The molecule has 0 unspecified atom stereocenters. The van der Waals surface area contributed by atoms with Gasteiger partial charge in [-0.1, -0.05) is 18.2 Å². The third kappa shape index (κ3) is 3.02. The van der Waals surface area contributed by atoms with Gasteiger partial charge in [0.25, 0.3) is 0 Å². The Bertz CT molecular complexity index is 1190. The Labute approximate surface area is 159 Å². The van der Waals surface area contributed by atoms with Crippen molar-refractivity contribution in [3.8, 4) is 5.95 Å². The van der Waals surface area contributed by atoms with Crippen LogP contribution in [0.2, 0.25) is 0 Å². The topological polar surface area (TPSA) is 105 Å². The summed E-state index contributed by atoms with van der Waals surface area (Å²) in [6.45, 7) is 2.47. The van der Waals surface area contributed by atoms with Gasteiger partial charge < -0.3 is 10.3 Å². The average Bonchev–Trinajstić information content (AvgIpc) is 3.29. The number of aryl methyl sites for hydroxylation is 1. The van der Waals surface area contributed by atoms with Crippen molar-refractivity contribution in [3.05, 3.63) is 66.0 Å². The Balaban J connectivity index is 1.79. The molecule has 4 aromatic rings. The summed E-state index contributed by atoms with van der Waals surface area (Å²) in [6.07, 6.45) is 7.48. The number of rotatable bonds is 5. The van der Waals surface area contributed by atoms with E-state index in [0.717, 1.165) is 5.56 Å². The maximum atomic E-state index is 13.0. The number of nitrogens with zero attached hydrogens (tertiary/aromatic N) is 6. The highest BCUT2D eigenvalue weighted by atomic mass is 19.1. The van der Waals surface area contributed by atoms with E-state index >= 15 is 0 Å². The molecule has 0 saturated heterocycles. The number of nitrogens with two attached hydrogens (primary N) is 1. The van der Waals surface area contributed by atoms with Gasteiger partial charge >= 0.3 is 0 Å². The zero-order chi connectivity index (χ0) is 19.7. The van der Waals surface area contributed by atoms with Crippen LogP contribution in [0.1, 0.15) is 22.8 Å². The summed E-state index contributed by atoms with van der Waals surface area (Å²) in [7, 11) is 0. The van der Waals surface area contributed by atoms with Crippen LogP contribution in [0, 0.1) is 5.82 Å². The lowest BCUT2D eigenvalue weighted by atomic mass is 10.1. The number of hydrogen-bond donors (Lipinski definition) is 1. The summed E-state index contributed by atoms with van der Waals surface area (Å²) in [5, 5.41) is 4.09. The first-order valence-corrected chi connectivity index (χ1v) is 8.56. The fourth-order valence-corrected chi connectivity index (χ4v) is 2.96. The van der Waals surface area contributed by atoms with Crippen molar-refractivity contribution in [3.63, 3.8) is 0 Å². The smallest absolute Gasteiger partial charge is 0.235 e. The number of anilines is 1. The molecule has 0 amide bonds. The van der Waals surface area contributed by atoms with Crippen molar-refractivity contribution in [2.24, 2.45) is 0 Å². The van der Waals surface area contributed by atoms with Gasteiger partial charge in [0.15, 0.2) is 5.78 Å². The van der Waals surface area contributed by atoms with E-state index in [1.807, 2.05) is 11.5 Å². The highest BCUT2D eigenvalue weighted by Crippen LogP contribution is 2.23. The fraction of sp³-hybridized carbons (Fsp3) is 0.105. The second-order valence-electron chi connectivity index (χ2n) is 5.99. The quantitative estimate of drug-likeness (QED) is 0.423. The van der Waals surface area contributed by atoms with Crippen LogP contribution >= 0.6 is 0 Å². The number of fused-ring (bicyclic) bond motifs is 1. The van der Waals surface area contributed by atoms with E-state index < -0.39 is 0 Å². The highest BCUT2D eigenvalue weighted by Gasteiger charge is 2.19. The SMILES string of the molecule is CCn1c(-n2ncnc2N)nc2cncc(C(=O)C=Cc3ccc(F)cc3)c21. The number of allylic oxidation sites excluding steroid dienone is 1. The summed E-state index contributed by atoms with van der Waals surface area (Å²) in [5.41, 5.74) is 8.15. The number of halogens is 1. The number of carbonyl (C=O) groups excluding carboxylic acids is 1. The first-order chi connectivity index (χ1) is 13.6. The Kier molecular flexibility index (Phi) is 4.40. The van der Waals surface area contributed by atoms with Gasteiger partial charge in [0.2, 0.25) is 11.9 Å². The normalized spacial score (nSPS) is 11.5. The lowest BCUT2D eigenvalue weighted by molar-refractivity contribution is 0.104. The molecular formula is C19H16FN7O. The molecule has 8 nitrogen and oxygen atoms in total. The van der Waals surface area contributed by atoms with Gasteiger partial charge in [-0.2, -0.15) is 14.8 Å². The van der Waals surface area contributed by atoms with Gasteiger partial charge in [0.05, 0.1) is 17.3 Å². The molecule has 3 heterocycles. The van der Waals surface area contributed by atoms with Gasteiger partial charge in [-0.3, -0.25) is 9.78 Å². The lowest BCUT2D eigenvalue weighted by Crippen LogP contribution is -2.11. The Morgan fingerprint density at radius 1 is 1.25 bits per heavy atom. The fourth-order valence-electron chi connectivity index (χ4n) is 2.96. The molecule has 3 aromatic heterocycles. The molecule has 0 aliphatic carbocycles. The van der Waals surface area contributed by atoms with Crippen LogP contribution in [0.3, 0.4) is 0 Å². The number of benzene rings is 1. The molecule has 0 radical (unpaired) electrons. The minimum absolute atomic E-state index is 0.196. The Morgan fingerprint density at radius 2 is 2.04 bits per heavy atom. The molecule has 0 atom stereocenters. The maximum Gasteiger partial charge on any atom is 0.235 e. The number of ketones is 1. The van der Waals surface area contributed by atoms with E-state index in [-0.39, 0.29) is 17.5 Å². The molecule has 28 heavy (non-hydrogen) atoms. The number of carbonyl (C=O) groups is 1. The molecule has 0 saturated carbocycles. The van der Waals surface area contributed by atoms with Crippen molar-refractivity contribution in [2.45, 2.75) is 13.5 Å². The van der Waals surface area contributed by atoms with Crippen molar-refractivity contribution in [1.82, 2.24) is 29.3 Å². The number of nitrogen functional groups attached to an aromatic ring is 1. The molecule has 4 rings (SSSR count). The molecule has 0 aliphatic rings. The lowest BCUT2D eigenvalue weighted by Gasteiger charge is -2.08. The second kappa shape index (κ2) is 7.03. The minimum atomic E-state index is -0.329. The number of hydrogen-bond acceptors (Lipinski definition) is 6. The minimum Gasteiger partial charge on any atom is -0.368 e. The third-order valence-electron chi connectivity index (χ3n) is 4.27. The van der Waals surface area contributed by atoms with Crippen molar-refractivity contribution < 1.29 is 9.18 Å². The Morgan fingerprint density at radius 3 is 2.71 bits per heavy atom. The molecule has 2 N–H and O–H groups in total. The summed E-state index contributed by atoms with van der Waals surface area (Å²) in [6, 6.07) is 5.88. The van der Waals surface area contributed by atoms with Crippen LogP contribution in [0.4, 0.5) is 10.3 Å². The molecule has 0 fully saturated rings. The summed E-state index contributed by atoms with van der Waals surface area (Å²) in [5.74, 6) is 0.0819. The van der Waals surface area contributed by atoms with Crippen molar-refractivity contribution in [1.29, 1.82) is 0 Å². The Hall–Kier alpha value is -3.88. The first-order valence-electron chi connectivity index (χ1n) is 8.56. The van der Waals surface area contributed by atoms with Crippen LogP contribution < -0.4 is 5.73 Å². The average molecular weight is 377 g/mol. The molecule has 0 bridgehead atoms. The maximum absolute atomic E-state index is 13.0. The van der Waals surface area contributed by atoms with E-state index in [0.29, 0.717) is 29.1 Å². The third-order valence-corrected chi connectivity index (χ3v) is 4.27. The first kappa shape index (κ1) is 17.5. The number of aromatic nitrogens is 6. The van der Waals surface area contributed by atoms with Crippen molar-refractivity contribution in [2.75, 3.05) is 5.73 Å². The molecular weight excluding hydrogens is 361 g/mol. The van der Waals surface area contributed by atoms with Gasteiger partial charge in [-0.15, -0.1) is 0 Å². The van der Waals surface area contributed by atoms with Crippen LogP contribution in [-0.4, -0.2) is 35.1 Å². The highest BCUT2D eigenvalue weighted by molar-refractivity contribution is 6.13. The van der Waals surface area contributed by atoms with E-state index in [1.54, 1.807) is 24.4 Å². The van der Waals surface area contributed by atoms with Crippen LogP contribution in [0.25, 0.3) is 23.1 Å². The molecule has 0 spiro atoms. The van der Waals surface area contributed by atoms with E-state index in [1.165, 1.54) is 35.4 Å².